The quantitative estimate of drug-likeness (QED) is 0.607. The molecule has 0 fully saturated rings. The molecule has 0 aromatic rings. The Morgan fingerprint density at radius 1 is 1.00 bits per heavy atom. The van der Waals surface area contributed by atoms with E-state index in [4.69, 9.17) is 0 Å². The summed E-state index contributed by atoms with van der Waals surface area (Å²) >= 11 is 4.53. The van der Waals surface area contributed by atoms with Crippen molar-refractivity contribution in [3.63, 3.8) is 0 Å². The highest BCUT2D eigenvalue weighted by Crippen LogP contribution is 2.31. The summed E-state index contributed by atoms with van der Waals surface area (Å²) in [5, 5.41) is 0. The van der Waals surface area contributed by atoms with Gasteiger partial charge in [-0.1, -0.05) is 0 Å². The van der Waals surface area contributed by atoms with E-state index in [2.05, 4.69) is 59.3 Å². The maximum atomic E-state index is 4.53. The van der Waals surface area contributed by atoms with Crippen molar-refractivity contribution in [2.24, 2.45) is 0 Å². The molecule has 0 radical (unpaired) electrons. The zero-order chi connectivity index (χ0) is 8.58. The minimum atomic E-state index is 0.0382. The highest BCUT2D eigenvalue weighted by Gasteiger charge is 2.35. The molecule has 0 aliphatic heterocycles. The zero-order valence-electron chi connectivity index (χ0n) is 7.89. The van der Waals surface area contributed by atoms with Gasteiger partial charge < -0.3 is 4.90 Å². The third-order valence-electron chi connectivity index (χ3n) is 2.62. The van der Waals surface area contributed by atoms with Crippen LogP contribution in [0.4, 0.5) is 0 Å². The third-order valence-corrected chi connectivity index (χ3v) is 3.16. The van der Waals surface area contributed by atoms with Crippen LogP contribution in [0.5, 0.6) is 0 Å². The molecule has 10 heavy (non-hydrogen) atoms. The van der Waals surface area contributed by atoms with E-state index in [0.29, 0.717) is 0 Å². The molecule has 2 heteroatoms. The fourth-order valence-electron chi connectivity index (χ4n) is 0.547. The predicted octanol–water partition coefficient (Wildman–Crippen LogP) is 2.03. The summed E-state index contributed by atoms with van der Waals surface area (Å²) in [6.45, 7) is 8.66. The lowest BCUT2D eigenvalue weighted by atomic mass is 9.88. The first-order valence-electron chi connectivity index (χ1n) is 3.59. The van der Waals surface area contributed by atoms with Crippen LogP contribution in [0.25, 0.3) is 0 Å². The van der Waals surface area contributed by atoms with E-state index in [0.717, 1.165) is 0 Å². The van der Waals surface area contributed by atoms with E-state index in [1.165, 1.54) is 0 Å². The van der Waals surface area contributed by atoms with Crippen molar-refractivity contribution in [2.45, 2.75) is 38.0 Å². The van der Waals surface area contributed by atoms with Crippen molar-refractivity contribution >= 4 is 12.6 Å². The Kier molecular flexibility index (Phi) is 2.83. The first-order valence-corrected chi connectivity index (χ1v) is 4.04. The lowest BCUT2D eigenvalue weighted by Crippen LogP contribution is -2.51. The average molecular weight is 161 g/mol. The zero-order valence-corrected chi connectivity index (χ0v) is 8.79. The standard InChI is InChI=1S/C8H19NS/c1-7(2,9(5)6)8(3,4)10/h10H,1-6H3. The Hall–Kier alpha value is 0.310. The molecular formula is C8H19NS. The molecule has 0 bridgehead atoms. The first kappa shape index (κ1) is 10.3. The maximum Gasteiger partial charge on any atom is 0.0285 e. The molecule has 0 aromatic heterocycles. The van der Waals surface area contributed by atoms with Gasteiger partial charge in [0.05, 0.1) is 0 Å². The van der Waals surface area contributed by atoms with Crippen LogP contribution in [0.1, 0.15) is 27.7 Å². The molecule has 0 saturated carbocycles. The largest absolute Gasteiger partial charge is 0.303 e. The number of hydrogen-bond donors (Lipinski definition) is 1. The summed E-state index contributed by atoms with van der Waals surface area (Å²) in [5.41, 5.74) is 0.135. The van der Waals surface area contributed by atoms with E-state index in [1.54, 1.807) is 0 Å². The summed E-state index contributed by atoms with van der Waals surface area (Å²) in [5.74, 6) is 0. The Bertz CT molecular complexity index is 111. The van der Waals surface area contributed by atoms with Crippen LogP contribution < -0.4 is 0 Å². The maximum absolute atomic E-state index is 4.53. The molecule has 62 valence electrons. The molecule has 0 rings (SSSR count). The van der Waals surface area contributed by atoms with Crippen LogP contribution in [0.3, 0.4) is 0 Å². The predicted molar refractivity (Wildman–Crippen MR) is 50.8 cm³/mol. The molecule has 0 atom stereocenters. The van der Waals surface area contributed by atoms with Crippen molar-refractivity contribution in [1.29, 1.82) is 0 Å². The van der Waals surface area contributed by atoms with Crippen LogP contribution >= 0.6 is 12.6 Å². The number of thiol groups is 1. The second-order valence-corrected chi connectivity index (χ2v) is 5.13. The summed E-state index contributed by atoms with van der Waals surface area (Å²) in [6.07, 6.45) is 0. The van der Waals surface area contributed by atoms with Gasteiger partial charge in [-0.25, -0.2) is 0 Å². The van der Waals surface area contributed by atoms with E-state index in [1.807, 2.05) is 0 Å². The van der Waals surface area contributed by atoms with Gasteiger partial charge in [0.1, 0.15) is 0 Å². The fourth-order valence-corrected chi connectivity index (χ4v) is 0.747. The highest BCUT2D eigenvalue weighted by molar-refractivity contribution is 7.81. The Labute approximate surface area is 70.2 Å². The lowest BCUT2D eigenvalue weighted by molar-refractivity contribution is 0.157. The van der Waals surface area contributed by atoms with Crippen molar-refractivity contribution in [1.82, 2.24) is 4.90 Å². The highest BCUT2D eigenvalue weighted by atomic mass is 32.1. The number of rotatable bonds is 2. The second kappa shape index (κ2) is 2.74. The van der Waals surface area contributed by atoms with Crippen LogP contribution in [-0.4, -0.2) is 29.3 Å². The van der Waals surface area contributed by atoms with Gasteiger partial charge >= 0.3 is 0 Å². The topological polar surface area (TPSA) is 3.24 Å². The smallest absolute Gasteiger partial charge is 0.0285 e. The Morgan fingerprint density at radius 2 is 1.30 bits per heavy atom. The molecule has 0 aliphatic carbocycles. The molecule has 0 amide bonds. The molecule has 0 saturated heterocycles. The number of nitrogens with zero attached hydrogens (tertiary/aromatic N) is 1. The molecule has 0 spiro atoms. The Morgan fingerprint density at radius 3 is 1.30 bits per heavy atom. The molecular weight excluding hydrogens is 142 g/mol. The molecule has 0 aliphatic rings. The molecule has 0 unspecified atom stereocenters. The van der Waals surface area contributed by atoms with Crippen LogP contribution in [0.2, 0.25) is 0 Å². The SMILES string of the molecule is CN(C)C(C)(C)C(C)(C)S. The molecule has 0 heterocycles. The second-order valence-electron chi connectivity index (χ2n) is 4.01. The van der Waals surface area contributed by atoms with E-state index in [-0.39, 0.29) is 10.3 Å². The average Bonchev–Trinajstić information content (AvgIpc) is 1.62. The van der Waals surface area contributed by atoms with Gasteiger partial charge in [0.2, 0.25) is 0 Å². The van der Waals surface area contributed by atoms with E-state index >= 15 is 0 Å². The van der Waals surface area contributed by atoms with Crippen LogP contribution in [0.15, 0.2) is 0 Å². The summed E-state index contributed by atoms with van der Waals surface area (Å²) in [7, 11) is 4.16. The van der Waals surface area contributed by atoms with Gasteiger partial charge in [-0.15, -0.1) is 0 Å². The van der Waals surface area contributed by atoms with Crippen molar-refractivity contribution in [2.75, 3.05) is 14.1 Å². The van der Waals surface area contributed by atoms with Crippen molar-refractivity contribution in [3.8, 4) is 0 Å². The minimum Gasteiger partial charge on any atom is -0.303 e. The van der Waals surface area contributed by atoms with Gasteiger partial charge in [0, 0.05) is 10.3 Å². The van der Waals surface area contributed by atoms with Crippen LogP contribution in [-0.2, 0) is 0 Å². The monoisotopic (exact) mass is 161 g/mol. The lowest BCUT2D eigenvalue weighted by Gasteiger charge is -2.43. The van der Waals surface area contributed by atoms with E-state index in [9.17, 15) is 0 Å². The van der Waals surface area contributed by atoms with Crippen molar-refractivity contribution < 1.29 is 0 Å². The summed E-state index contributed by atoms with van der Waals surface area (Å²) < 4.78 is 0.0382. The Balaban J connectivity index is 4.40. The van der Waals surface area contributed by atoms with Gasteiger partial charge in [-0.3, -0.25) is 0 Å². The number of hydrogen-bond acceptors (Lipinski definition) is 2. The molecule has 1 nitrogen and oxygen atoms in total. The van der Waals surface area contributed by atoms with Crippen molar-refractivity contribution in [3.05, 3.63) is 0 Å². The molecule has 0 aromatic carbocycles. The van der Waals surface area contributed by atoms with Crippen LogP contribution in [0, 0.1) is 0 Å². The van der Waals surface area contributed by atoms with Gasteiger partial charge in [-0.05, 0) is 41.8 Å². The van der Waals surface area contributed by atoms with Gasteiger partial charge in [-0.2, -0.15) is 12.6 Å². The van der Waals surface area contributed by atoms with Gasteiger partial charge in [0.15, 0.2) is 0 Å². The third kappa shape index (κ3) is 1.89. The summed E-state index contributed by atoms with van der Waals surface area (Å²) in [6, 6.07) is 0. The van der Waals surface area contributed by atoms with Gasteiger partial charge in [0.25, 0.3) is 0 Å². The first-order chi connectivity index (χ1) is 4.19. The normalized spacial score (nSPS) is 14.4. The fraction of sp³-hybridized carbons (Fsp3) is 1.00. The van der Waals surface area contributed by atoms with E-state index < -0.39 is 0 Å². The molecule has 0 N–H and O–H groups in total. The minimum absolute atomic E-state index is 0.0382. The summed E-state index contributed by atoms with van der Waals surface area (Å²) in [4.78, 5) is 2.19.